The Morgan fingerprint density at radius 3 is 2.78 bits per heavy atom. The molecule has 0 saturated carbocycles. The number of benzene rings is 2. The number of anilines is 4. The third-order valence-electron chi connectivity index (χ3n) is 9.31. The van der Waals surface area contributed by atoms with Gasteiger partial charge in [0, 0.05) is 70.5 Å². The van der Waals surface area contributed by atoms with Gasteiger partial charge in [-0.2, -0.15) is 0 Å². The van der Waals surface area contributed by atoms with Gasteiger partial charge in [0.1, 0.15) is 6.17 Å². The monoisotopic (exact) mass is 611 g/mol. The Morgan fingerprint density at radius 2 is 2.07 bits per heavy atom. The molecule has 2 aromatic carbocycles. The first-order chi connectivity index (χ1) is 21.8. The zero-order valence-electron chi connectivity index (χ0n) is 28.0. The third-order valence-corrected chi connectivity index (χ3v) is 9.31. The molecule has 1 aromatic heterocycles. The van der Waals surface area contributed by atoms with Crippen LogP contribution in [0.2, 0.25) is 0 Å². The highest BCUT2D eigenvalue weighted by molar-refractivity contribution is 6.19. The summed E-state index contributed by atoms with van der Waals surface area (Å²) >= 11 is 0. The molecule has 8 nitrogen and oxygen atoms in total. The van der Waals surface area contributed by atoms with Crippen molar-refractivity contribution in [3.8, 4) is 0 Å². The molecule has 45 heavy (non-hydrogen) atoms. The van der Waals surface area contributed by atoms with E-state index < -0.39 is 0 Å². The van der Waals surface area contributed by atoms with Crippen molar-refractivity contribution in [2.75, 3.05) is 75.8 Å². The average molecular weight is 612 g/mol. The van der Waals surface area contributed by atoms with Crippen LogP contribution in [0.1, 0.15) is 50.2 Å². The van der Waals surface area contributed by atoms with Gasteiger partial charge in [0.05, 0.1) is 34.0 Å². The molecule has 1 fully saturated rings. The van der Waals surface area contributed by atoms with Crippen LogP contribution in [-0.2, 0) is 17.7 Å². The zero-order chi connectivity index (χ0) is 31.9. The van der Waals surface area contributed by atoms with E-state index in [4.69, 9.17) is 15.5 Å². The van der Waals surface area contributed by atoms with Crippen LogP contribution in [0.25, 0.3) is 10.9 Å². The van der Waals surface area contributed by atoms with Crippen molar-refractivity contribution in [2.45, 2.75) is 58.2 Å². The number of para-hydroxylation sites is 1. The SMILES string of the molecule is C=CCC(N=C(/C(=C\C)CCC1CCOC1)c1cn2c3c(cccc13)CCC2)Nc1cc(N)c(N(C)CCN(C)C)cc1NC. The Hall–Kier alpha value is -3.75. The predicted molar refractivity (Wildman–Crippen MR) is 193 cm³/mol. The number of aromatic nitrogens is 1. The number of nitrogens with two attached hydrogens (primary N) is 1. The largest absolute Gasteiger partial charge is 0.397 e. The first-order valence-corrected chi connectivity index (χ1v) is 16.6. The molecule has 0 bridgehead atoms. The molecule has 3 heterocycles. The normalized spacial score (nSPS) is 17.6. The molecule has 2 aliphatic rings. The van der Waals surface area contributed by atoms with Gasteiger partial charge in [-0.3, -0.25) is 4.99 Å². The fourth-order valence-electron chi connectivity index (χ4n) is 6.71. The van der Waals surface area contributed by atoms with Crippen LogP contribution in [0.3, 0.4) is 0 Å². The molecule has 8 heteroatoms. The number of nitrogens with one attached hydrogen (secondary N) is 2. The van der Waals surface area contributed by atoms with Crippen molar-refractivity contribution in [3.05, 3.63) is 72.0 Å². The number of nitrogens with zero attached hydrogens (tertiary/aromatic N) is 4. The van der Waals surface area contributed by atoms with Crippen LogP contribution in [0.4, 0.5) is 22.7 Å². The Balaban J connectivity index is 1.53. The van der Waals surface area contributed by atoms with Crippen molar-refractivity contribution in [3.63, 3.8) is 0 Å². The van der Waals surface area contributed by atoms with Crippen LogP contribution in [0.15, 0.2) is 65.8 Å². The maximum absolute atomic E-state index is 6.66. The van der Waals surface area contributed by atoms with Gasteiger partial charge >= 0.3 is 0 Å². The van der Waals surface area contributed by atoms with Gasteiger partial charge in [0.2, 0.25) is 0 Å². The molecular formula is C37H53N7O. The highest BCUT2D eigenvalue weighted by Gasteiger charge is 2.24. The van der Waals surface area contributed by atoms with E-state index in [1.54, 1.807) is 0 Å². The van der Waals surface area contributed by atoms with E-state index in [1.807, 2.05) is 19.2 Å². The summed E-state index contributed by atoms with van der Waals surface area (Å²) in [5, 5.41) is 8.43. The molecule has 3 aromatic rings. The standard InChI is InChI=1S/C37H53N7O/c1-7-11-35(40-33-22-31(38)34(23-32(33)39-3)43(6)20-19-42(4)5)41-36(27(8-2)16-15-26-17-21-45-25-26)30-24-44-18-10-13-28-12-9-14-29(30)37(28)44/h7-9,12,14,22-24,26,35,39-40H,1,10-11,13,15-21,25,38H2,2-6H3/b27-8-,41-36?. The number of rotatable bonds is 15. The first kappa shape index (κ1) is 32.6. The van der Waals surface area contributed by atoms with E-state index in [0.717, 1.165) is 87.0 Å². The third kappa shape index (κ3) is 7.56. The number of hydrogen-bond acceptors (Lipinski definition) is 7. The molecule has 2 unspecified atom stereocenters. The quantitative estimate of drug-likeness (QED) is 0.0999. The summed E-state index contributed by atoms with van der Waals surface area (Å²) in [6.45, 7) is 10.9. The predicted octanol–water partition coefficient (Wildman–Crippen LogP) is 6.78. The maximum Gasteiger partial charge on any atom is 0.122 e. The Bertz CT molecular complexity index is 1530. The summed E-state index contributed by atoms with van der Waals surface area (Å²) in [4.78, 5) is 9.93. The molecule has 1 saturated heterocycles. The summed E-state index contributed by atoms with van der Waals surface area (Å²) in [5.41, 5.74) is 16.7. The van der Waals surface area contributed by atoms with E-state index in [1.165, 1.54) is 34.0 Å². The summed E-state index contributed by atoms with van der Waals surface area (Å²) in [6.07, 6.45) is 12.5. The molecule has 0 radical (unpaired) electrons. The second-order valence-electron chi connectivity index (χ2n) is 12.8. The van der Waals surface area contributed by atoms with E-state index in [9.17, 15) is 0 Å². The Kier molecular flexibility index (Phi) is 10.9. The van der Waals surface area contributed by atoms with Crippen molar-refractivity contribution in [2.24, 2.45) is 10.9 Å². The van der Waals surface area contributed by atoms with Crippen molar-refractivity contribution in [1.29, 1.82) is 0 Å². The minimum Gasteiger partial charge on any atom is -0.397 e. The number of nitrogen functional groups attached to an aromatic ring is 1. The highest BCUT2D eigenvalue weighted by Crippen LogP contribution is 2.36. The highest BCUT2D eigenvalue weighted by atomic mass is 16.5. The lowest BCUT2D eigenvalue weighted by atomic mass is 9.92. The first-order valence-electron chi connectivity index (χ1n) is 16.6. The van der Waals surface area contributed by atoms with Crippen molar-refractivity contribution >= 4 is 39.4 Å². The van der Waals surface area contributed by atoms with E-state index >= 15 is 0 Å². The Morgan fingerprint density at radius 1 is 1.22 bits per heavy atom. The number of aryl methyl sites for hydroxylation is 2. The lowest BCUT2D eigenvalue weighted by Crippen LogP contribution is -2.29. The fourth-order valence-corrected chi connectivity index (χ4v) is 6.71. The number of aliphatic imine (C=N–C) groups is 1. The molecular weight excluding hydrogens is 558 g/mol. The second-order valence-corrected chi connectivity index (χ2v) is 12.8. The van der Waals surface area contributed by atoms with Crippen LogP contribution in [-0.4, -0.2) is 75.8 Å². The lowest BCUT2D eigenvalue weighted by Gasteiger charge is -2.26. The molecule has 2 atom stereocenters. The van der Waals surface area contributed by atoms with E-state index in [2.05, 4.69) is 96.2 Å². The van der Waals surface area contributed by atoms with Crippen LogP contribution < -0.4 is 21.3 Å². The van der Waals surface area contributed by atoms with E-state index in [0.29, 0.717) is 12.3 Å². The van der Waals surface area contributed by atoms with Crippen molar-refractivity contribution in [1.82, 2.24) is 9.47 Å². The summed E-state index contributed by atoms with van der Waals surface area (Å²) in [5.74, 6) is 0.605. The molecule has 4 N–H and O–H groups in total. The van der Waals surface area contributed by atoms with Gasteiger partial charge in [-0.25, -0.2) is 0 Å². The van der Waals surface area contributed by atoms with Gasteiger partial charge in [-0.05, 0) is 82.3 Å². The number of hydrogen-bond donors (Lipinski definition) is 3. The molecule has 0 aliphatic carbocycles. The van der Waals surface area contributed by atoms with Gasteiger partial charge in [-0.1, -0.05) is 30.4 Å². The van der Waals surface area contributed by atoms with Crippen LogP contribution in [0.5, 0.6) is 0 Å². The van der Waals surface area contributed by atoms with Crippen LogP contribution >= 0.6 is 0 Å². The lowest BCUT2D eigenvalue weighted by molar-refractivity contribution is 0.184. The number of allylic oxidation sites excluding steroid dienone is 2. The summed E-state index contributed by atoms with van der Waals surface area (Å²) in [7, 11) is 8.22. The van der Waals surface area contributed by atoms with Crippen LogP contribution in [0, 0.1) is 5.92 Å². The molecule has 5 rings (SSSR count). The smallest absolute Gasteiger partial charge is 0.122 e. The summed E-state index contributed by atoms with van der Waals surface area (Å²) in [6, 6.07) is 10.9. The molecule has 2 aliphatic heterocycles. The topological polar surface area (TPSA) is 83.1 Å². The minimum atomic E-state index is -0.224. The molecule has 242 valence electrons. The maximum atomic E-state index is 6.66. The fraction of sp³-hybridized carbons (Fsp3) is 0.486. The molecule has 0 amide bonds. The van der Waals surface area contributed by atoms with Gasteiger partial charge in [0.15, 0.2) is 0 Å². The Labute approximate surface area is 270 Å². The number of likely N-dealkylation sites (N-methyl/N-ethyl adjacent to an activating group) is 2. The zero-order valence-corrected chi connectivity index (χ0v) is 28.0. The molecule has 0 spiro atoms. The van der Waals surface area contributed by atoms with Gasteiger partial charge in [-0.15, -0.1) is 6.58 Å². The number of ether oxygens (including phenoxy) is 1. The van der Waals surface area contributed by atoms with Gasteiger partial charge in [0.25, 0.3) is 0 Å². The average Bonchev–Trinajstić information content (AvgIpc) is 3.69. The van der Waals surface area contributed by atoms with Crippen molar-refractivity contribution < 1.29 is 4.74 Å². The summed E-state index contributed by atoms with van der Waals surface area (Å²) < 4.78 is 8.15. The minimum absolute atomic E-state index is 0.224. The van der Waals surface area contributed by atoms with E-state index in [-0.39, 0.29) is 6.17 Å². The second kappa shape index (κ2) is 15.0. The van der Waals surface area contributed by atoms with Gasteiger partial charge < -0.3 is 35.5 Å².